The van der Waals surface area contributed by atoms with E-state index in [0.29, 0.717) is 12.5 Å². The van der Waals surface area contributed by atoms with Gasteiger partial charge in [0.1, 0.15) is 5.69 Å². The maximum Gasteiger partial charge on any atom is 0.278 e. The van der Waals surface area contributed by atoms with Crippen LogP contribution in [0.2, 0.25) is 0 Å². The van der Waals surface area contributed by atoms with Gasteiger partial charge < -0.3 is 4.98 Å². The average Bonchev–Trinajstić information content (AvgIpc) is 2.90. The first-order chi connectivity index (χ1) is 9.20. The zero-order chi connectivity index (χ0) is 13.7. The van der Waals surface area contributed by atoms with Gasteiger partial charge in [-0.2, -0.15) is 5.10 Å². The summed E-state index contributed by atoms with van der Waals surface area (Å²) in [5.41, 5.74) is -0.0184. The minimum Gasteiger partial charge on any atom is -0.331 e. The van der Waals surface area contributed by atoms with Crippen molar-refractivity contribution < 1.29 is 4.79 Å². The lowest BCUT2D eigenvalue weighted by Crippen LogP contribution is -2.26. The van der Waals surface area contributed by atoms with Crippen molar-refractivity contribution >= 4 is 11.9 Å². The van der Waals surface area contributed by atoms with E-state index in [0.717, 1.165) is 12.8 Å². The molecule has 2 N–H and O–H groups in total. The highest BCUT2D eigenvalue weighted by Gasteiger charge is 2.10. The molecule has 0 aliphatic rings. The SMILES string of the molecule is CCCCn1nc(C(=O)Nc2ncc[nH]2)ccc1=O. The Balaban J connectivity index is 2.15. The van der Waals surface area contributed by atoms with E-state index >= 15 is 0 Å². The first-order valence-corrected chi connectivity index (χ1v) is 6.09. The van der Waals surface area contributed by atoms with Crippen LogP contribution in [0.1, 0.15) is 30.3 Å². The summed E-state index contributed by atoms with van der Waals surface area (Å²) < 4.78 is 1.31. The van der Waals surface area contributed by atoms with Gasteiger partial charge in [-0.25, -0.2) is 9.67 Å². The molecular formula is C12H15N5O2. The number of nitrogens with zero attached hydrogens (tertiary/aromatic N) is 3. The van der Waals surface area contributed by atoms with Crippen molar-refractivity contribution in [1.82, 2.24) is 19.7 Å². The topological polar surface area (TPSA) is 92.7 Å². The van der Waals surface area contributed by atoms with E-state index in [2.05, 4.69) is 20.4 Å². The molecule has 2 rings (SSSR count). The van der Waals surface area contributed by atoms with E-state index in [1.165, 1.54) is 23.0 Å². The Bertz CT molecular complexity index is 603. The second-order valence-electron chi connectivity index (χ2n) is 4.03. The van der Waals surface area contributed by atoms with Gasteiger partial charge in [0.05, 0.1) is 0 Å². The lowest BCUT2D eigenvalue weighted by molar-refractivity contribution is 0.101. The molecule has 100 valence electrons. The van der Waals surface area contributed by atoms with Crippen LogP contribution in [0, 0.1) is 0 Å². The van der Waals surface area contributed by atoms with Crippen LogP contribution in [-0.2, 0) is 6.54 Å². The average molecular weight is 261 g/mol. The van der Waals surface area contributed by atoms with Crippen LogP contribution in [-0.4, -0.2) is 25.7 Å². The van der Waals surface area contributed by atoms with Crippen LogP contribution in [0.15, 0.2) is 29.3 Å². The molecule has 0 aliphatic heterocycles. The van der Waals surface area contributed by atoms with E-state index in [1.807, 2.05) is 6.92 Å². The van der Waals surface area contributed by atoms with Crippen LogP contribution in [0.4, 0.5) is 5.95 Å². The van der Waals surface area contributed by atoms with Crippen LogP contribution in [0.3, 0.4) is 0 Å². The summed E-state index contributed by atoms with van der Waals surface area (Å²) in [7, 11) is 0. The molecule has 0 spiro atoms. The lowest BCUT2D eigenvalue weighted by atomic mass is 10.3. The molecule has 7 nitrogen and oxygen atoms in total. The number of aromatic amines is 1. The number of carbonyl (C=O) groups excluding carboxylic acids is 1. The number of rotatable bonds is 5. The Morgan fingerprint density at radius 2 is 2.32 bits per heavy atom. The number of carbonyl (C=O) groups is 1. The summed E-state index contributed by atoms with van der Waals surface area (Å²) >= 11 is 0. The van der Waals surface area contributed by atoms with Crippen molar-refractivity contribution in [1.29, 1.82) is 0 Å². The predicted octanol–water partition coefficient (Wildman–Crippen LogP) is 1.02. The van der Waals surface area contributed by atoms with Gasteiger partial charge in [0.2, 0.25) is 5.95 Å². The Labute approximate surface area is 109 Å². The fraction of sp³-hybridized carbons (Fsp3) is 0.333. The molecule has 0 bridgehead atoms. The number of hydrogen-bond donors (Lipinski definition) is 2. The third-order valence-electron chi connectivity index (χ3n) is 2.55. The summed E-state index contributed by atoms with van der Waals surface area (Å²) in [5.74, 6) is -0.0571. The minimum absolute atomic E-state index is 0.187. The highest BCUT2D eigenvalue weighted by atomic mass is 16.2. The van der Waals surface area contributed by atoms with Crippen LogP contribution in [0.5, 0.6) is 0 Å². The number of nitrogens with one attached hydrogen (secondary N) is 2. The molecule has 0 aliphatic carbocycles. The van der Waals surface area contributed by atoms with Gasteiger partial charge in [0.25, 0.3) is 11.5 Å². The molecule has 0 unspecified atom stereocenters. The zero-order valence-corrected chi connectivity index (χ0v) is 10.6. The Hall–Kier alpha value is -2.44. The number of imidazole rings is 1. The van der Waals surface area contributed by atoms with Gasteiger partial charge in [0.15, 0.2) is 0 Å². The Kier molecular flexibility index (Phi) is 4.07. The number of anilines is 1. The fourth-order valence-corrected chi connectivity index (χ4v) is 1.54. The van der Waals surface area contributed by atoms with Crippen molar-refractivity contribution in [2.75, 3.05) is 5.32 Å². The Morgan fingerprint density at radius 1 is 1.47 bits per heavy atom. The van der Waals surface area contributed by atoms with Crippen LogP contribution >= 0.6 is 0 Å². The van der Waals surface area contributed by atoms with Crippen LogP contribution < -0.4 is 10.9 Å². The number of hydrogen-bond acceptors (Lipinski definition) is 4. The van der Waals surface area contributed by atoms with Crippen molar-refractivity contribution in [3.8, 4) is 0 Å². The molecule has 0 aromatic carbocycles. The van der Waals surface area contributed by atoms with Gasteiger partial charge in [0, 0.05) is 25.0 Å². The van der Waals surface area contributed by atoms with Gasteiger partial charge >= 0.3 is 0 Å². The molecular weight excluding hydrogens is 246 g/mol. The first kappa shape index (κ1) is 13.0. The molecule has 0 atom stereocenters. The number of aromatic nitrogens is 4. The molecule has 0 radical (unpaired) electrons. The molecule has 19 heavy (non-hydrogen) atoms. The third kappa shape index (κ3) is 3.27. The van der Waals surface area contributed by atoms with Gasteiger partial charge in [-0.3, -0.25) is 14.9 Å². The first-order valence-electron chi connectivity index (χ1n) is 6.09. The van der Waals surface area contributed by atoms with Gasteiger partial charge in [-0.05, 0) is 12.5 Å². The maximum atomic E-state index is 11.9. The number of H-pyrrole nitrogens is 1. The van der Waals surface area contributed by atoms with E-state index in [-0.39, 0.29) is 11.3 Å². The van der Waals surface area contributed by atoms with Crippen molar-refractivity contribution in [2.24, 2.45) is 0 Å². The molecule has 0 saturated carbocycles. The summed E-state index contributed by atoms with van der Waals surface area (Å²) in [6, 6.07) is 2.75. The highest BCUT2D eigenvalue weighted by molar-refractivity contribution is 6.01. The lowest BCUT2D eigenvalue weighted by Gasteiger charge is -2.05. The van der Waals surface area contributed by atoms with Crippen molar-refractivity contribution in [3.63, 3.8) is 0 Å². The smallest absolute Gasteiger partial charge is 0.278 e. The highest BCUT2D eigenvalue weighted by Crippen LogP contribution is 2.00. The molecule has 0 fully saturated rings. The summed E-state index contributed by atoms with van der Waals surface area (Å²) in [5, 5.41) is 6.60. The fourth-order valence-electron chi connectivity index (χ4n) is 1.54. The standard InChI is InChI=1S/C12H15N5O2/c1-2-3-8-17-10(18)5-4-9(16-17)11(19)15-12-13-6-7-14-12/h4-7H,2-3,8H2,1H3,(H2,13,14,15,19). The number of amides is 1. The summed E-state index contributed by atoms with van der Waals surface area (Å²) in [6.07, 6.45) is 4.93. The van der Waals surface area contributed by atoms with E-state index in [1.54, 1.807) is 6.20 Å². The monoisotopic (exact) mass is 261 g/mol. The van der Waals surface area contributed by atoms with Crippen LogP contribution in [0.25, 0.3) is 0 Å². The van der Waals surface area contributed by atoms with Crippen molar-refractivity contribution in [3.05, 3.63) is 40.6 Å². The van der Waals surface area contributed by atoms with Gasteiger partial charge in [-0.15, -0.1) is 0 Å². The molecule has 2 aromatic heterocycles. The minimum atomic E-state index is -0.403. The molecule has 7 heteroatoms. The molecule has 2 aromatic rings. The number of unbranched alkanes of at least 4 members (excludes halogenated alkanes) is 1. The van der Waals surface area contributed by atoms with E-state index in [9.17, 15) is 9.59 Å². The third-order valence-corrected chi connectivity index (χ3v) is 2.55. The maximum absolute atomic E-state index is 11.9. The van der Waals surface area contributed by atoms with Crippen molar-refractivity contribution in [2.45, 2.75) is 26.3 Å². The molecule has 1 amide bonds. The Morgan fingerprint density at radius 3 is 3.00 bits per heavy atom. The number of aryl methyl sites for hydroxylation is 1. The predicted molar refractivity (Wildman–Crippen MR) is 69.9 cm³/mol. The normalized spacial score (nSPS) is 10.4. The zero-order valence-electron chi connectivity index (χ0n) is 10.6. The summed E-state index contributed by atoms with van der Waals surface area (Å²) in [4.78, 5) is 30.1. The quantitative estimate of drug-likeness (QED) is 0.840. The summed E-state index contributed by atoms with van der Waals surface area (Å²) in [6.45, 7) is 2.54. The van der Waals surface area contributed by atoms with Gasteiger partial charge in [-0.1, -0.05) is 13.3 Å². The molecule has 2 heterocycles. The molecule has 0 saturated heterocycles. The largest absolute Gasteiger partial charge is 0.331 e. The second-order valence-corrected chi connectivity index (χ2v) is 4.03. The second kappa shape index (κ2) is 5.94. The van der Waals surface area contributed by atoms with E-state index < -0.39 is 5.91 Å². The van der Waals surface area contributed by atoms with E-state index in [4.69, 9.17) is 0 Å².